The molecule has 0 aromatic carbocycles. The lowest BCUT2D eigenvalue weighted by atomic mass is 10.2. The van der Waals surface area contributed by atoms with E-state index >= 15 is 0 Å². The molecule has 0 N–H and O–H groups in total. The Morgan fingerprint density at radius 2 is 2.15 bits per heavy atom. The van der Waals surface area contributed by atoms with Gasteiger partial charge < -0.3 is 9.32 Å². The standard InChI is InChI=1S/C18H24N2O4S2/c1-2-20(15-7-10-26(22,23)14-15)18(21)13-19(11-16-5-3-8-24-16)12-17-6-4-9-25-17/h3-6,8-9,15H,2,7,10-14H2,1H3/t15-/m1/s1. The zero-order chi connectivity index (χ0) is 18.6. The Kier molecular flexibility index (Phi) is 6.16. The van der Waals surface area contributed by atoms with Gasteiger partial charge in [0, 0.05) is 24.0 Å². The van der Waals surface area contributed by atoms with E-state index in [4.69, 9.17) is 4.42 Å². The fraction of sp³-hybridized carbons (Fsp3) is 0.500. The van der Waals surface area contributed by atoms with E-state index in [0.717, 1.165) is 5.76 Å². The van der Waals surface area contributed by atoms with Gasteiger partial charge in [-0.1, -0.05) is 6.07 Å². The highest BCUT2D eigenvalue weighted by atomic mass is 32.2. The Labute approximate surface area is 158 Å². The topological polar surface area (TPSA) is 70.8 Å². The SMILES string of the molecule is CCN(C(=O)CN(Cc1ccco1)Cc1cccs1)[C@@H]1CCS(=O)(=O)C1. The van der Waals surface area contributed by atoms with E-state index in [0.29, 0.717) is 26.1 Å². The van der Waals surface area contributed by atoms with Crippen LogP contribution in [0, 0.1) is 0 Å². The van der Waals surface area contributed by atoms with Gasteiger partial charge in [0.15, 0.2) is 9.84 Å². The molecule has 1 fully saturated rings. The number of hydrogen-bond donors (Lipinski definition) is 0. The second-order valence-corrected chi connectivity index (χ2v) is 9.80. The molecule has 1 saturated heterocycles. The molecule has 2 aromatic heterocycles. The van der Waals surface area contributed by atoms with Crippen molar-refractivity contribution >= 4 is 27.1 Å². The zero-order valence-electron chi connectivity index (χ0n) is 14.8. The van der Waals surface area contributed by atoms with E-state index < -0.39 is 9.84 Å². The lowest BCUT2D eigenvalue weighted by molar-refractivity contribution is -0.134. The number of carbonyl (C=O) groups excluding carboxylic acids is 1. The molecule has 0 unspecified atom stereocenters. The van der Waals surface area contributed by atoms with Crippen LogP contribution in [0.3, 0.4) is 0 Å². The van der Waals surface area contributed by atoms with E-state index in [1.54, 1.807) is 22.5 Å². The third kappa shape index (κ3) is 4.96. The smallest absolute Gasteiger partial charge is 0.237 e. The van der Waals surface area contributed by atoms with Crippen LogP contribution in [-0.2, 0) is 27.7 Å². The summed E-state index contributed by atoms with van der Waals surface area (Å²) in [6.45, 7) is 3.86. The van der Waals surface area contributed by atoms with Gasteiger partial charge in [-0.3, -0.25) is 9.69 Å². The number of hydrogen-bond acceptors (Lipinski definition) is 6. The third-order valence-corrected chi connectivity index (χ3v) is 7.20. The lowest BCUT2D eigenvalue weighted by Gasteiger charge is -2.30. The summed E-state index contributed by atoms with van der Waals surface area (Å²) >= 11 is 1.65. The molecular weight excluding hydrogens is 372 g/mol. The van der Waals surface area contributed by atoms with Gasteiger partial charge in [0.25, 0.3) is 0 Å². The van der Waals surface area contributed by atoms with Crippen molar-refractivity contribution in [1.82, 2.24) is 9.80 Å². The summed E-state index contributed by atoms with van der Waals surface area (Å²) in [4.78, 5) is 17.8. The second-order valence-electron chi connectivity index (χ2n) is 6.54. The number of nitrogens with zero attached hydrogens (tertiary/aromatic N) is 2. The van der Waals surface area contributed by atoms with E-state index in [9.17, 15) is 13.2 Å². The van der Waals surface area contributed by atoms with E-state index in [-0.39, 0.29) is 30.0 Å². The summed E-state index contributed by atoms with van der Waals surface area (Å²) in [5.41, 5.74) is 0. The molecule has 26 heavy (non-hydrogen) atoms. The van der Waals surface area contributed by atoms with Gasteiger partial charge in [-0.05, 0) is 36.9 Å². The van der Waals surface area contributed by atoms with Crippen LogP contribution in [0.1, 0.15) is 24.0 Å². The maximum atomic E-state index is 12.9. The van der Waals surface area contributed by atoms with E-state index in [2.05, 4.69) is 0 Å². The minimum absolute atomic E-state index is 0.0299. The average Bonchev–Trinajstić information content (AvgIpc) is 3.31. The molecule has 142 valence electrons. The van der Waals surface area contributed by atoms with Crippen LogP contribution in [0.5, 0.6) is 0 Å². The Morgan fingerprint density at radius 1 is 1.31 bits per heavy atom. The van der Waals surface area contributed by atoms with Gasteiger partial charge in [0.1, 0.15) is 5.76 Å². The van der Waals surface area contributed by atoms with Crippen LogP contribution >= 0.6 is 11.3 Å². The number of rotatable bonds is 8. The summed E-state index contributed by atoms with van der Waals surface area (Å²) in [5, 5.41) is 2.02. The summed E-state index contributed by atoms with van der Waals surface area (Å²) in [6.07, 6.45) is 2.16. The van der Waals surface area contributed by atoms with Gasteiger partial charge in [-0.25, -0.2) is 8.42 Å². The van der Waals surface area contributed by atoms with Crippen LogP contribution in [-0.4, -0.2) is 54.8 Å². The van der Waals surface area contributed by atoms with Crippen LogP contribution in [0.4, 0.5) is 0 Å². The molecular formula is C18H24N2O4S2. The lowest BCUT2D eigenvalue weighted by Crippen LogP contribution is -2.45. The molecule has 3 rings (SSSR count). The second kappa shape index (κ2) is 8.37. The van der Waals surface area contributed by atoms with Crippen LogP contribution < -0.4 is 0 Å². The predicted octanol–water partition coefficient (Wildman–Crippen LogP) is 2.38. The Bertz CT molecular complexity index is 764. The zero-order valence-corrected chi connectivity index (χ0v) is 16.5. The summed E-state index contributed by atoms with van der Waals surface area (Å²) in [5.74, 6) is 1.03. The molecule has 8 heteroatoms. The van der Waals surface area contributed by atoms with E-state index in [1.807, 2.05) is 41.5 Å². The summed E-state index contributed by atoms with van der Waals surface area (Å²) < 4.78 is 29.0. The molecule has 6 nitrogen and oxygen atoms in total. The molecule has 0 saturated carbocycles. The normalized spacial score (nSPS) is 19.1. The first-order valence-electron chi connectivity index (χ1n) is 8.74. The molecule has 0 bridgehead atoms. The first-order chi connectivity index (χ1) is 12.5. The number of carbonyl (C=O) groups is 1. The van der Waals surface area contributed by atoms with Crippen molar-refractivity contribution in [3.63, 3.8) is 0 Å². The largest absolute Gasteiger partial charge is 0.468 e. The van der Waals surface area contributed by atoms with E-state index in [1.165, 1.54) is 4.88 Å². The van der Waals surface area contributed by atoms with Crippen molar-refractivity contribution in [2.24, 2.45) is 0 Å². The molecule has 1 atom stereocenters. The highest BCUT2D eigenvalue weighted by Gasteiger charge is 2.34. The minimum Gasteiger partial charge on any atom is -0.468 e. The van der Waals surface area contributed by atoms with Crippen molar-refractivity contribution in [3.05, 3.63) is 46.5 Å². The highest BCUT2D eigenvalue weighted by molar-refractivity contribution is 7.91. The van der Waals surface area contributed by atoms with Crippen molar-refractivity contribution in [2.45, 2.75) is 32.5 Å². The number of likely N-dealkylation sites (N-methyl/N-ethyl adjacent to an activating group) is 1. The van der Waals surface area contributed by atoms with Crippen molar-refractivity contribution in [1.29, 1.82) is 0 Å². The third-order valence-electron chi connectivity index (χ3n) is 4.59. The van der Waals surface area contributed by atoms with Gasteiger partial charge >= 0.3 is 0 Å². The summed E-state index contributed by atoms with van der Waals surface area (Å²) in [7, 11) is -3.02. The van der Waals surface area contributed by atoms with Crippen LogP contribution in [0.25, 0.3) is 0 Å². The number of furan rings is 1. The fourth-order valence-corrected chi connectivity index (χ4v) is 5.83. The Morgan fingerprint density at radius 3 is 2.73 bits per heavy atom. The first-order valence-corrected chi connectivity index (χ1v) is 11.4. The van der Waals surface area contributed by atoms with Crippen LogP contribution in [0.15, 0.2) is 40.3 Å². The summed E-state index contributed by atoms with van der Waals surface area (Å²) in [6, 6.07) is 7.57. The molecule has 0 aliphatic carbocycles. The maximum absolute atomic E-state index is 12.9. The highest BCUT2D eigenvalue weighted by Crippen LogP contribution is 2.19. The van der Waals surface area contributed by atoms with Crippen molar-refractivity contribution in [2.75, 3.05) is 24.6 Å². The molecule has 3 heterocycles. The molecule has 1 aliphatic rings. The molecule has 0 radical (unpaired) electrons. The average molecular weight is 397 g/mol. The molecule has 2 aromatic rings. The monoisotopic (exact) mass is 396 g/mol. The Balaban J connectivity index is 1.68. The fourth-order valence-electron chi connectivity index (χ4n) is 3.36. The van der Waals surface area contributed by atoms with Gasteiger partial charge in [0.2, 0.25) is 5.91 Å². The van der Waals surface area contributed by atoms with Gasteiger partial charge in [0.05, 0.1) is 30.9 Å². The first kappa shape index (κ1) is 19.1. The van der Waals surface area contributed by atoms with Gasteiger partial charge in [-0.15, -0.1) is 11.3 Å². The molecule has 1 amide bonds. The Hall–Kier alpha value is -1.64. The number of amides is 1. The van der Waals surface area contributed by atoms with Crippen LogP contribution in [0.2, 0.25) is 0 Å². The minimum atomic E-state index is -3.02. The number of sulfone groups is 1. The quantitative estimate of drug-likeness (QED) is 0.685. The maximum Gasteiger partial charge on any atom is 0.237 e. The molecule has 1 aliphatic heterocycles. The predicted molar refractivity (Wildman–Crippen MR) is 102 cm³/mol. The molecule has 0 spiro atoms. The van der Waals surface area contributed by atoms with Crippen molar-refractivity contribution in [3.8, 4) is 0 Å². The van der Waals surface area contributed by atoms with Gasteiger partial charge in [-0.2, -0.15) is 0 Å². The number of thiophene rings is 1. The van der Waals surface area contributed by atoms with Crippen molar-refractivity contribution < 1.29 is 17.6 Å².